The molecule has 29 heavy (non-hydrogen) atoms. The highest BCUT2D eigenvalue weighted by molar-refractivity contribution is 7.92. The Balaban J connectivity index is 1.56. The largest absolute Gasteiger partial charge is 0.378 e. The summed E-state index contributed by atoms with van der Waals surface area (Å²) in [6.07, 6.45) is 0. The van der Waals surface area contributed by atoms with Crippen molar-refractivity contribution in [3.8, 4) is 11.3 Å². The van der Waals surface area contributed by atoms with Gasteiger partial charge in [0.25, 0.3) is 10.0 Å². The Morgan fingerprint density at radius 3 is 2.52 bits per heavy atom. The molecule has 1 fully saturated rings. The van der Waals surface area contributed by atoms with Crippen molar-refractivity contribution in [1.82, 2.24) is 15.4 Å². The molecule has 0 atom stereocenters. The molecule has 1 saturated heterocycles. The van der Waals surface area contributed by atoms with E-state index in [0.717, 1.165) is 24.5 Å². The third kappa shape index (κ3) is 4.08. The molecule has 1 aliphatic rings. The molecule has 1 aliphatic heterocycles. The van der Waals surface area contributed by atoms with E-state index in [-0.39, 0.29) is 10.7 Å². The number of nitrogens with zero attached hydrogens (tertiary/aromatic N) is 4. The maximum absolute atomic E-state index is 12.7. The highest BCUT2D eigenvalue weighted by Crippen LogP contribution is 2.26. The van der Waals surface area contributed by atoms with Gasteiger partial charge in [0, 0.05) is 24.3 Å². The molecule has 0 radical (unpaired) electrons. The van der Waals surface area contributed by atoms with Gasteiger partial charge in [0.2, 0.25) is 0 Å². The molecule has 10 heteroatoms. The minimum atomic E-state index is -3.81. The summed E-state index contributed by atoms with van der Waals surface area (Å²) in [6, 6.07) is 10.8. The summed E-state index contributed by atoms with van der Waals surface area (Å²) in [7, 11) is -3.81. The van der Waals surface area contributed by atoms with Gasteiger partial charge in [0.15, 0.2) is 16.5 Å². The van der Waals surface area contributed by atoms with Crippen LogP contribution in [-0.4, -0.2) is 50.1 Å². The molecule has 152 valence electrons. The number of morpholine rings is 1. The lowest BCUT2D eigenvalue weighted by Crippen LogP contribution is -2.36. The zero-order valence-electron chi connectivity index (χ0n) is 16.1. The van der Waals surface area contributed by atoms with E-state index < -0.39 is 10.0 Å². The molecule has 0 amide bonds. The van der Waals surface area contributed by atoms with E-state index in [9.17, 15) is 8.42 Å². The average molecular weight is 415 g/mol. The van der Waals surface area contributed by atoms with E-state index in [2.05, 4.69) is 25.0 Å². The summed E-state index contributed by atoms with van der Waals surface area (Å²) in [6.45, 7) is 6.08. The van der Waals surface area contributed by atoms with Crippen LogP contribution in [0.25, 0.3) is 11.3 Å². The Kier molecular flexibility index (Phi) is 5.20. The molecule has 1 aromatic carbocycles. The van der Waals surface area contributed by atoms with E-state index in [4.69, 9.17) is 9.26 Å². The molecule has 0 saturated carbocycles. The van der Waals surface area contributed by atoms with Crippen LogP contribution in [0.1, 0.15) is 11.5 Å². The van der Waals surface area contributed by atoms with Crippen LogP contribution in [0, 0.1) is 13.8 Å². The van der Waals surface area contributed by atoms with Crippen LogP contribution in [0.4, 0.5) is 11.5 Å². The fourth-order valence-corrected chi connectivity index (χ4v) is 4.63. The molecular formula is C19H21N5O4S. The third-order valence-corrected chi connectivity index (χ3v) is 6.26. The zero-order chi connectivity index (χ0) is 20.4. The summed E-state index contributed by atoms with van der Waals surface area (Å²) < 4.78 is 38.3. The summed E-state index contributed by atoms with van der Waals surface area (Å²) in [4.78, 5) is 2.17. The maximum Gasteiger partial charge on any atom is 0.267 e. The Morgan fingerprint density at radius 2 is 1.86 bits per heavy atom. The van der Waals surface area contributed by atoms with Crippen LogP contribution in [0.15, 0.2) is 45.8 Å². The van der Waals surface area contributed by atoms with Crippen LogP contribution < -0.4 is 9.62 Å². The van der Waals surface area contributed by atoms with E-state index >= 15 is 0 Å². The van der Waals surface area contributed by atoms with Crippen LogP contribution in [0.5, 0.6) is 0 Å². The number of hydrogen-bond donors (Lipinski definition) is 1. The lowest BCUT2D eigenvalue weighted by molar-refractivity contribution is 0.122. The van der Waals surface area contributed by atoms with Crippen molar-refractivity contribution < 1.29 is 17.7 Å². The second kappa shape index (κ2) is 7.80. The van der Waals surface area contributed by atoms with Crippen LogP contribution in [-0.2, 0) is 14.8 Å². The number of rotatable bonds is 5. The minimum absolute atomic E-state index is 0.0533. The van der Waals surface area contributed by atoms with Gasteiger partial charge in [-0.15, -0.1) is 10.2 Å². The normalized spacial score (nSPS) is 14.8. The first-order valence-corrected chi connectivity index (χ1v) is 10.6. The first-order chi connectivity index (χ1) is 13.9. The van der Waals surface area contributed by atoms with E-state index in [1.807, 2.05) is 18.2 Å². The molecule has 3 aromatic rings. The number of nitrogens with one attached hydrogen (secondary N) is 1. The molecule has 2 aromatic heterocycles. The Labute approximate surface area is 168 Å². The van der Waals surface area contributed by atoms with Crippen molar-refractivity contribution >= 4 is 21.5 Å². The van der Waals surface area contributed by atoms with Crippen molar-refractivity contribution in [1.29, 1.82) is 0 Å². The van der Waals surface area contributed by atoms with Gasteiger partial charge in [-0.2, -0.15) is 0 Å². The molecule has 3 heterocycles. The first kappa shape index (κ1) is 19.3. The molecule has 1 N–H and O–H groups in total. The quantitative estimate of drug-likeness (QED) is 0.676. The number of hydrogen-bond acceptors (Lipinski definition) is 8. The first-order valence-electron chi connectivity index (χ1n) is 9.16. The highest BCUT2D eigenvalue weighted by atomic mass is 32.2. The molecular weight excluding hydrogens is 394 g/mol. The Bertz CT molecular complexity index is 1090. The molecule has 0 bridgehead atoms. The van der Waals surface area contributed by atoms with Crippen molar-refractivity contribution in [3.63, 3.8) is 0 Å². The summed E-state index contributed by atoms with van der Waals surface area (Å²) in [5.74, 6) is 1.04. The van der Waals surface area contributed by atoms with Gasteiger partial charge < -0.3 is 14.2 Å². The highest BCUT2D eigenvalue weighted by Gasteiger charge is 2.24. The molecule has 4 rings (SSSR count). The molecule has 0 unspecified atom stereocenters. The van der Waals surface area contributed by atoms with Crippen molar-refractivity contribution in [3.05, 3.63) is 47.9 Å². The van der Waals surface area contributed by atoms with Crippen molar-refractivity contribution in [2.24, 2.45) is 0 Å². The van der Waals surface area contributed by atoms with Crippen LogP contribution >= 0.6 is 0 Å². The second-order valence-electron chi connectivity index (χ2n) is 6.72. The summed E-state index contributed by atoms with van der Waals surface area (Å²) in [5.41, 5.74) is 2.14. The zero-order valence-corrected chi connectivity index (χ0v) is 16.9. The minimum Gasteiger partial charge on any atom is -0.378 e. The van der Waals surface area contributed by atoms with E-state index in [0.29, 0.717) is 30.3 Å². The van der Waals surface area contributed by atoms with Crippen molar-refractivity contribution in [2.45, 2.75) is 18.7 Å². The van der Waals surface area contributed by atoms with E-state index in [1.54, 1.807) is 32.0 Å². The fourth-order valence-electron chi connectivity index (χ4n) is 3.25. The topological polar surface area (TPSA) is 110 Å². The predicted molar refractivity (Wildman–Crippen MR) is 107 cm³/mol. The van der Waals surface area contributed by atoms with Crippen molar-refractivity contribution in [2.75, 3.05) is 35.9 Å². The summed E-state index contributed by atoms with van der Waals surface area (Å²) >= 11 is 0. The van der Waals surface area contributed by atoms with Gasteiger partial charge in [0.05, 0.1) is 18.9 Å². The van der Waals surface area contributed by atoms with Gasteiger partial charge in [-0.25, -0.2) is 8.42 Å². The van der Waals surface area contributed by atoms with Gasteiger partial charge in [-0.05, 0) is 38.1 Å². The SMILES string of the molecule is Cc1noc(C)c1S(=O)(=O)Nc1cccc(-c2ccc(N3CCOCC3)nn2)c1. The average Bonchev–Trinajstić information content (AvgIpc) is 3.08. The summed E-state index contributed by atoms with van der Waals surface area (Å²) in [5, 5.41) is 12.3. The monoisotopic (exact) mass is 415 g/mol. The van der Waals surface area contributed by atoms with Gasteiger partial charge >= 0.3 is 0 Å². The number of aryl methyl sites for hydroxylation is 2. The number of benzene rings is 1. The number of aromatic nitrogens is 3. The maximum atomic E-state index is 12.7. The van der Waals surface area contributed by atoms with E-state index in [1.165, 1.54) is 0 Å². The standard InChI is InChI=1S/C19H21N5O4S/c1-13-19(14(2)28-22-13)29(25,26)23-16-5-3-4-15(12-16)17-6-7-18(21-20-17)24-8-10-27-11-9-24/h3-7,12,23H,8-11H2,1-2H3. The molecule has 9 nitrogen and oxygen atoms in total. The third-order valence-electron chi connectivity index (χ3n) is 4.63. The van der Waals surface area contributed by atoms with Gasteiger partial charge in [-0.1, -0.05) is 17.3 Å². The Morgan fingerprint density at radius 1 is 1.07 bits per heavy atom. The second-order valence-corrected chi connectivity index (χ2v) is 8.34. The molecule has 0 spiro atoms. The van der Waals surface area contributed by atoms with Gasteiger partial charge in [0.1, 0.15) is 5.69 Å². The smallest absolute Gasteiger partial charge is 0.267 e. The fraction of sp³-hybridized carbons (Fsp3) is 0.316. The number of sulfonamides is 1. The number of ether oxygens (including phenoxy) is 1. The molecule has 0 aliphatic carbocycles. The Hall–Kier alpha value is -2.98. The lowest BCUT2D eigenvalue weighted by Gasteiger charge is -2.27. The van der Waals surface area contributed by atoms with Gasteiger partial charge in [-0.3, -0.25) is 4.72 Å². The van der Waals surface area contributed by atoms with Crippen LogP contribution in [0.3, 0.4) is 0 Å². The number of anilines is 2. The lowest BCUT2D eigenvalue weighted by atomic mass is 10.1. The predicted octanol–water partition coefficient (Wildman–Crippen LogP) is 2.39. The van der Waals surface area contributed by atoms with Crippen LogP contribution in [0.2, 0.25) is 0 Å².